The van der Waals surface area contributed by atoms with Crippen molar-refractivity contribution in [2.75, 3.05) is 28.4 Å². The molecule has 2 aromatic carbocycles. The SMILES string of the molecule is COc1ccc(-c2c(C(C)=O)c(C)nc3cc(OC)c(OC)cc23)cc1OC. The van der Waals surface area contributed by atoms with Crippen molar-refractivity contribution >= 4 is 16.7 Å². The number of rotatable bonds is 6. The Morgan fingerprint density at radius 2 is 1.39 bits per heavy atom. The summed E-state index contributed by atoms with van der Waals surface area (Å²) < 4.78 is 21.7. The van der Waals surface area contributed by atoms with Gasteiger partial charge in [0.15, 0.2) is 28.8 Å². The van der Waals surface area contributed by atoms with Crippen molar-refractivity contribution in [1.29, 1.82) is 0 Å². The minimum atomic E-state index is -0.0635. The van der Waals surface area contributed by atoms with E-state index in [9.17, 15) is 4.79 Å². The zero-order valence-corrected chi connectivity index (χ0v) is 16.9. The molecule has 0 atom stereocenters. The molecule has 0 aliphatic heterocycles. The maximum atomic E-state index is 12.5. The number of aryl methyl sites for hydroxylation is 1. The summed E-state index contributed by atoms with van der Waals surface area (Å²) in [6.45, 7) is 3.37. The molecule has 0 saturated carbocycles. The quantitative estimate of drug-likeness (QED) is 0.588. The zero-order chi connectivity index (χ0) is 20.4. The second-order valence-corrected chi connectivity index (χ2v) is 6.30. The molecule has 0 aliphatic carbocycles. The molecule has 146 valence electrons. The van der Waals surface area contributed by atoms with Crippen LogP contribution < -0.4 is 18.9 Å². The number of hydrogen-bond acceptors (Lipinski definition) is 6. The Morgan fingerprint density at radius 3 is 1.96 bits per heavy atom. The number of ketones is 1. The van der Waals surface area contributed by atoms with Crippen LogP contribution in [-0.4, -0.2) is 39.2 Å². The van der Waals surface area contributed by atoms with E-state index < -0.39 is 0 Å². The first-order chi connectivity index (χ1) is 13.4. The highest BCUT2D eigenvalue weighted by Crippen LogP contribution is 2.41. The van der Waals surface area contributed by atoms with Gasteiger partial charge in [0.2, 0.25) is 0 Å². The minimum absolute atomic E-state index is 0.0635. The second kappa shape index (κ2) is 7.76. The van der Waals surface area contributed by atoms with Gasteiger partial charge in [0.25, 0.3) is 0 Å². The van der Waals surface area contributed by atoms with Gasteiger partial charge in [0.05, 0.1) is 34.0 Å². The van der Waals surface area contributed by atoms with Gasteiger partial charge in [-0.05, 0) is 37.6 Å². The molecule has 0 N–H and O–H groups in total. The minimum Gasteiger partial charge on any atom is -0.493 e. The van der Waals surface area contributed by atoms with Crippen molar-refractivity contribution in [3.63, 3.8) is 0 Å². The van der Waals surface area contributed by atoms with E-state index in [1.807, 2.05) is 37.3 Å². The van der Waals surface area contributed by atoms with Gasteiger partial charge in [-0.3, -0.25) is 9.78 Å². The molecule has 0 saturated heterocycles. The van der Waals surface area contributed by atoms with Crippen molar-refractivity contribution < 1.29 is 23.7 Å². The number of Topliss-reactive ketones (excluding diaryl/α,β-unsaturated/α-hetero) is 1. The van der Waals surface area contributed by atoms with Crippen molar-refractivity contribution in [2.24, 2.45) is 0 Å². The number of aromatic nitrogens is 1. The van der Waals surface area contributed by atoms with E-state index in [0.717, 1.165) is 16.5 Å². The maximum Gasteiger partial charge on any atom is 0.162 e. The Hall–Kier alpha value is -3.28. The van der Waals surface area contributed by atoms with Crippen molar-refractivity contribution in [2.45, 2.75) is 13.8 Å². The third kappa shape index (κ3) is 3.22. The molecule has 0 bridgehead atoms. The van der Waals surface area contributed by atoms with E-state index in [0.29, 0.717) is 39.8 Å². The fourth-order valence-corrected chi connectivity index (χ4v) is 3.44. The van der Waals surface area contributed by atoms with Crippen LogP contribution >= 0.6 is 0 Å². The van der Waals surface area contributed by atoms with Gasteiger partial charge in [-0.2, -0.15) is 0 Å². The molecule has 6 nitrogen and oxygen atoms in total. The number of pyridine rings is 1. The highest BCUT2D eigenvalue weighted by Gasteiger charge is 2.21. The third-order valence-electron chi connectivity index (χ3n) is 4.70. The van der Waals surface area contributed by atoms with Crippen LogP contribution in [0.2, 0.25) is 0 Å². The number of carbonyl (C=O) groups excluding carboxylic acids is 1. The summed E-state index contributed by atoms with van der Waals surface area (Å²) in [5.74, 6) is 2.28. The molecule has 0 unspecified atom stereocenters. The first kappa shape index (κ1) is 19.5. The molecule has 3 aromatic rings. The van der Waals surface area contributed by atoms with Crippen LogP contribution in [0.1, 0.15) is 23.0 Å². The van der Waals surface area contributed by atoms with Crippen LogP contribution in [0.15, 0.2) is 30.3 Å². The summed E-state index contributed by atoms with van der Waals surface area (Å²) in [5.41, 5.74) is 3.52. The Labute approximate surface area is 164 Å². The fourth-order valence-electron chi connectivity index (χ4n) is 3.44. The maximum absolute atomic E-state index is 12.5. The monoisotopic (exact) mass is 381 g/mol. The van der Waals surface area contributed by atoms with Gasteiger partial charge in [-0.15, -0.1) is 0 Å². The highest BCUT2D eigenvalue weighted by atomic mass is 16.5. The van der Waals surface area contributed by atoms with Crippen molar-refractivity contribution in [3.8, 4) is 34.1 Å². The molecule has 0 radical (unpaired) electrons. The molecule has 1 heterocycles. The van der Waals surface area contributed by atoms with Crippen LogP contribution in [0.4, 0.5) is 0 Å². The fraction of sp³-hybridized carbons (Fsp3) is 0.273. The number of carbonyl (C=O) groups is 1. The first-order valence-corrected chi connectivity index (χ1v) is 8.74. The van der Waals surface area contributed by atoms with Gasteiger partial charge in [-0.1, -0.05) is 6.07 Å². The molecule has 28 heavy (non-hydrogen) atoms. The number of ether oxygens (including phenoxy) is 4. The van der Waals surface area contributed by atoms with Gasteiger partial charge in [0.1, 0.15) is 0 Å². The number of nitrogens with zero attached hydrogens (tertiary/aromatic N) is 1. The molecule has 1 aromatic heterocycles. The lowest BCUT2D eigenvalue weighted by molar-refractivity contribution is 0.101. The van der Waals surface area contributed by atoms with E-state index in [4.69, 9.17) is 18.9 Å². The molecule has 0 fully saturated rings. The molecule has 0 amide bonds. The van der Waals surface area contributed by atoms with Gasteiger partial charge < -0.3 is 18.9 Å². The molecule has 0 aliphatic rings. The predicted molar refractivity (Wildman–Crippen MR) is 108 cm³/mol. The number of fused-ring (bicyclic) bond motifs is 1. The summed E-state index contributed by atoms with van der Waals surface area (Å²) in [4.78, 5) is 17.1. The molecule has 0 spiro atoms. The molecule has 6 heteroatoms. The lowest BCUT2D eigenvalue weighted by Crippen LogP contribution is -2.04. The predicted octanol–water partition coefficient (Wildman–Crippen LogP) is 4.45. The van der Waals surface area contributed by atoms with Crippen LogP contribution in [0.25, 0.3) is 22.0 Å². The largest absolute Gasteiger partial charge is 0.493 e. The number of hydrogen-bond donors (Lipinski definition) is 0. The van der Waals surface area contributed by atoms with Gasteiger partial charge in [0, 0.05) is 28.3 Å². The Kier molecular flexibility index (Phi) is 5.40. The first-order valence-electron chi connectivity index (χ1n) is 8.74. The summed E-state index contributed by atoms with van der Waals surface area (Å²) in [5, 5.41) is 0.792. The Bertz CT molecular complexity index is 1060. The van der Waals surface area contributed by atoms with Crippen molar-refractivity contribution in [1.82, 2.24) is 4.98 Å². The Balaban J connectivity index is 2.44. The second-order valence-electron chi connectivity index (χ2n) is 6.30. The van der Waals surface area contributed by atoms with E-state index in [1.165, 1.54) is 0 Å². The lowest BCUT2D eigenvalue weighted by atomic mass is 9.92. The van der Waals surface area contributed by atoms with E-state index in [-0.39, 0.29) is 5.78 Å². The molecular weight excluding hydrogens is 358 g/mol. The smallest absolute Gasteiger partial charge is 0.162 e. The van der Waals surface area contributed by atoms with Gasteiger partial charge in [-0.25, -0.2) is 0 Å². The normalized spacial score (nSPS) is 10.6. The Morgan fingerprint density at radius 1 is 0.821 bits per heavy atom. The third-order valence-corrected chi connectivity index (χ3v) is 4.70. The summed E-state index contributed by atoms with van der Waals surface area (Å²) >= 11 is 0. The van der Waals surface area contributed by atoms with Crippen LogP contribution in [0.3, 0.4) is 0 Å². The highest BCUT2D eigenvalue weighted by molar-refractivity contribution is 6.10. The topological polar surface area (TPSA) is 66.9 Å². The van der Waals surface area contributed by atoms with Gasteiger partial charge >= 0.3 is 0 Å². The zero-order valence-electron chi connectivity index (χ0n) is 16.9. The van der Waals surface area contributed by atoms with Crippen LogP contribution in [0, 0.1) is 6.92 Å². The average Bonchev–Trinajstić information content (AvgIpc) is 2.70. The van der Waals surface area contributed by atoms with Crippen LogP contribution in [-0.2, 0) is 0 Å². The standard InChI is InChI=1S/C22H23NO5/c1-12-21(13(2)24)22(14-7-8-17(25-3)18(9-14)26-4)15-10-19(27-5)20(28-6)11-16(15)23-12/h7-11H,1-6H3. The van der Waals surface area contributed by atoms with E-state index in [1.54, 1.807) is 35.4 Å². The van der Waals surface area contributed by atoms with E-state index >= 15 is 0 Å². The van der Waals surface area contributed by atoms with Crippen LogP contribution in [0.5, 0.6) is 23.0 Å². The summed E-state index contributed by atoms with van der Waals surface area (Å²) in [7, 11) is 6.32. The number of benzene rings is 2. The molecular formula is C22H23NO5. The summed E-state index contributed by atoms with van der Waals surface area (Å²) in [6, 6.07) is 9.24. The van der Waals surface area contributed by atoms with E-state index in [2.05, 4.69) is 4.98 Å². The number of methoxy groups -OCH3 is 4. The lowest BCUT2D eigenvalue weighted by Gasteiger charge is -2.17. The summed E-state index contributed by atoms with van der Waals surface area (Å²) in [6.07, 6.45) is 0. The molecule has 3 rings (SSSR count). The van der Waals surface area contributed by atoms with Crippen molar-refractivity contribution in [3.05, 3.63) is 41.6 Å². The average molecular weight is 381 g/mol.